The summed E-state index contributed by atoms with van der Waals surface area (Å²) in [4.78, 5) is 41.3. The van der Waals surface area contributed by atoms with Crippen LogP contribution in [0.15, 0.2) is 33.9 Å². The van der Waals surface area contributed by atoms with Gasteiger partial charge in [-0.15, -0.1) is 0 Å². The maximum Gasteiger partial charge on any atom is 0.332 e. The number of para-hydroxylation sites is 2. The number of H-pyrrole nitrogens is 1. The Morgan fingerprint density at radius 2 is 1.96 bits per heavy atom. The van der Waals surface area contributed by atoms with Gasteiger partial charge < -0.3 is 9.72 Å². The summed E-state index contributed by atoms with van der Waals surface area (Å²) in [6.45, 7) is -0.114. The number of aryl methyl sites for hydroxylation is 1. The molecule has 0 saturated carbocycles. The number of aromatic nitrogens is 4. The number of nitro benzene ring substituents is 1. The molecule has 0 aliphatic heterocycles. The van der Waals surface area contributed by atoms with Crippen LogP contribution in [-0.4, -0.2) is 24.0 Å². The van der Waals surface area contributed by atoms with Crippen molar-refractivity contribution in [3.8, 4) is 5.75 Å². The van der Waals surface area contributed by atoms with E-state index in [0.717, 1.165) is 4.57 Å². The number of hydrogen-bond acceptors (Lipinski definition) is 6. The molecule has 0 radical (unpaired) electrons. The Labute approximate surface area is 134 Å². The summed E-state index contributed by atoms with van der Waals surface area (Å²) in [5, 5.41) is 11.0. The Morgan fingerprint density at radius 3 is 2.67 bits per heavy atom. The molecule has 124 valence electrons. The average molecular weight is 331 g/mol. The van der Waals surface area contributed by atoms with Crippen molar-refractivity contribution in [1.82, 2.24) is 19.1 Å². The van der Waals surface area contributed by atoms with Gasteiger partial charge in [0.05, 0.1) is 4.92 Å². The molecule has 3 rings (SSSR count). The zero-order chi connectivity index (χ0) is 17.4. The number of nitrogens with zero attached hydrogens (tertiary/aromatic N) is 4. The summed E-state index contributed by atoms with van der Waals surface area (Å²) >= 11 is 0. The number of imidazole rings is 1. The Hall–Kier alpha value is -3.43. The van der Waals surface area contributed by atoms with Gasteiger partial charge in [0.2, 0.25) is 0 Å². The molecule has 0 bridgehead atoms. The fourth-order valence-electron chi connectivity index (χ4n) is 2.32. The Morgan fingerprint density at radius 1 is 1.25 bits per heavy atom. The highest BCUT2D eigenvalue weighted by Crippen LogP contribution is 2.26. The van der Waals surface area contributed by atoms with Crippen molar-refractivity contribution in [3.05, 3.63) is 61.0 Å². The monoisotopic (exact) mass is 331 g/mol. The fraction of sp³-hybridized carbons (Fsp3) is 0.214. The van der Waals surface area contributed by atoms with E-state index in [0.29, 0.717) is 0 Å². The van der Waals surface area contributed by atoms with E-state index >= 15 is 0 Å². The van der Waals surface area contributed by atoms with Crippen molar-refractivity contribution < 1.29 is 9.66 Å². The fourth-order valence-corrected chi connectivity index (χ4v) is 2.32. The van der Waals surface area contributed by atoms with Crippen molar-refractivity contribution in [2.75, 3.05) is 0 Å². The Balaban J connectivity index is 1.97. The first-order chi connectivity index (χ1) is 11.4. The van der Waals surface area contributed by atoms with Crippen LogP contribution in [0.3, 0.4) is 0 Å². The van der Waals surface area contributed by atoms with Crippen LogP contribution in [0.1, 0.15) is 5.82 Å². The lowest BCUT2D eigenvalue weighted by molar-refractivity contribution is -0.385. The summed E-state index contributed by atoms with van der Waals surface area (Å²) in [6, 6.07) is 5.94. The van der Waals surface area contributed by atoms with Gasteiger partial charge in [0.25, 0.3) is 5.56 Å². The highest BCUT2D eigenvalue weighted by molar-refractivity contribution is 5.69. The van der Waals surface area contributed by atoms with Gasteiger partial charge in [-0.3, -0.25) is 24.0 Å². The number of hydrogen-bond donors (Lipinski definition) is 1. The second kappa shape index (κ2) is 5.65. The van der Waals surface area contributed by atoms with E-state index in [1.165, 1.54) is 36.9 Å². The molecule has 2 aromatic heterocycles. The van der Waals surface area contributed by atoms with Crippen LogP contribution in [0, 0.1) is 10.1 Å². The van der Waals surface area contributed by atoms with Gasteiger partial charge in [0.1, 0.15) is 17.9 Å². The topological polar surface area (TPSA) is 125 Å². The first-order valence-corrected chi connectivity index (χ1v) is 6.91. The first kappa shape index (κ1) is 15.5. The number of nitro groups is 1. The van der Waals surface area contributed by atoms with E-state index in [9.17, 15) is 19.7 Å². The van der Waals surface area contributed by atoms with Crippen LogP contribution < -0.4 is 16.0 Å². The summed E-state index contributed by atoms with van der Waals surface area (Å²) in [5.41, 5.74) is -0.801. The molecule has 10 heteroatoms. The maximum atomic E-state index is 12.1. The minimum atomic E-state index is -0.548. The van der Waals surface area contributed by atoms with Crippen LogP contribution in [0.25, 0.3) is 11.2 Å². The van der Waals surface area contributed by atoms with Crippen molar-refractivity contribution in [3.63, 3.8) is 0 Å². The zero-order valence-electron chi connectivity index (χ0n) is 12.8. The predicted molar refractivity (Wildman–Crippen MR) is 84.0 cm³/mol. The lowest BCUT2D eigenvalue weighted by Gasteiger charge is -2.04. The molecule has 3 aromatic rings. The maximum absolute atomic E-state index is 12.1. The second-order valence-corrected chi connectivity index (χ2v) is 5.10. The van der Waals surface area contributed by atoms with Crippen LogP contribution in [0.5, 0.6) is 5.75 Å². The minimum Gasteiger partial charge on any atom is -0.479 e. The third-order valence-electron chi connectivity index (χ3n) is 3.57. The number of ether oxygens (including phenoxy) is 1. The van der Waals surface area contributed by atoms with Gasteiger partial charge in [-0.05, 0) is 6.07 Å². The van der Waals surface area contributed by atoms with Gasteiger partial charge >= 0.3 is 11.4 Å². The Kier molecular flexibility index (Phi) is 3.64. The minimum absolute atomic E-state index is 0.0877. The van der Waals surface area contributed by atoms with Crippen LogP contribution in [-0.2, 0) is 20.7 Å². The van der Waals surface area contributed by atoms with E-state index in [4.69, 9.17) is 4.74 Å². The number of rotatable bonds is 4. The number of fused-ring (bicyclic) bond motifs is 1. The number of nitrogens with one attached hydrogen (secondary N) is 1. The number of benzene rings is 1. The Bertz CT molecular complexity index is 1060. The molecule has 0 spiro atoms. The van der Waals surface area contributed by atoms with E-state index < -0.39 is 16.2 Å². The molecule has 2 heterocycles. The molecule has 10 nitrogen and oxygen atoms in total. The summed E-state index contributed by atoms with van der Waals surface area (Å²) in [6.07, 6.45) is 0. The van der Waals surface area contributed by atoms with Crippen LogP contribution in [0.4, 0.5) is 5.69 Å². The van der Waals surface area contributed by atoms with Gasteiger partial charge in [0.15, 0.2) is 11.4 Å². The molecule has 0 unspecified atom stereocenters. The lowest BCUT2D eigenvalue weighted by atomic mass is 10.3. The van der Waals surface area contributed by atoms with E-state index in [2.05, 4.69) is 9.97 Å². The van der Waals surface area contributed by atoms with Gasteiger partial charge in [0, 0.05) is 20.2 Å². The largest absolute Gasteiger partial charge is 0.479 e. The molecular weight excluding hydrogens is 318 g/mol. The third kappa shape index (κ3) is 2.43. The summed E-state index contributed by atoms with van der Waals surface area (Å²) in [7, 11) is 2.87. The summed E-state index contributed by atoms with van der Waals surface area (Å²) < 4.78 is 7.63. The second-order valence-electron chi connectivity index (χ2n) is 5.10. The molecule has 0 fully saturated rings. The van der Waals surface area contributed by atoms with E-state index in [-0.39, 0.29) is 35.0 Å². The first-order valence-electron chi connectivity index (χ1n) is 6.91. The van der Waals surface area contributed by atoms with Crippen LogP contribution >= 0.6 is 0 Å². The van der Waals surface area contributed by atoms with E-state index in [1.54, 1.807) is 6.07 Å². The quantitative estimate of drug-likeness (QED) is 0.546. The molecule has 0 atom stereocenters. The van der Waals surface area contributed by atoms with Gasteiger partial charge in [-0.1, -0.05) is 12.1 Å². The lowest BCUT2D eigenvalue weighted by Crippen LogP contribution is -2.36. The smallest absolute Gasteiger partial charge is 0.332 e. The molecule has 24 heavy (non-hydrogen) atoms. The standard InChI is InChI=1S/C14H13N5O5/c1-17-12-11(13(20)18(2)14(17)21)15-10(16-12)7-24-9-6-4-3-5-8(9)19(22)23/h3-6H,7H2,1-2H3,(H,15,16). The van der Waals surface area contributed by atoms with Gasteiger partial charge in [-0.2, -0.15) is 0 Å². The predicted octanol–water partition coefficient (Wildman–Crippen LogP) is 0.447. The van der Waals surface area contributed by atoms with Crippen molar-refractivity contribution in [2.45, 2.75) is 6.61 Å². The summed E-state index contributed by atoms with van der Waals surface area (Å²) in [5.74, 6) is 0.367. The molecule has 0 aliphatic rings. The van der Waals surface area contributed by atoms with Crippen molar-refractivity contribution in [1.29, 1.82) is 0 Å². The normalized spacial score (nSPS) is 10.9. The molecule has 1 aromatic carbocycles. The highest BCUT2D eigenvalue weighted by Gasteiger charge is 2.16. The highest BCUT2D eigenvalue weighted by atomic mass is 16.6. The zero-order valence-corrected chi connectivity index (χ0v) is 12.8. The molecular formula is C14H13N5O5. The molecule has 0 amide bonds. The molecule has 0 aliphatic carbocycles. The number of aromatic amines is 1. The van der Waals surface area contributed by atoms with Crippen molar-refractivity contribution in [2.24, 2.45) is 14.1 Å². The van der Waals surface area contributed by atoms with Crippen LogP contribution in [0.2, 0.25) is 0 Å². The van der Waals surface area contributed by atoms with Crippen molar-refractivity contribution >= 4 is 16.9 Å². The molecule has 1 N–H and O–H groups in total. The third-order valence-corrected chi connectivity index (χ3v) is 3.57. The SMILES string of the molecule is Cn1c(=O)c2[nH]c(COc3ccccc3[N+](=O)[O-])nc2n(C)c1=O. The average Bonchev–Trinajstić information content (AvgIpc) is 3.01. The van der Waals surface area contributed by atoms with Gasteiger partial charge in [-0.25, -0.2) is 9.78 Å². The molecule has 0 saturated heterocycles. The van der Waals surface area contributed by atoms with E-state index in [1.807, 2.05) is 0 Å².